The molecule has 1 N–H and O–H groups in total. The molecule has 0 spiro atoms. The minimum absolute atomic E-state index is 0.398. The van der Waals surface area contributed by atoms with Crippen LogP contribution in [0.1, 0.15) is 18.9 Å². The van der Waals surface area contributed by atoms with Crippen LogP contribution in [0.4, 0.5) is 5.69 Å². The Balaban J connectivity index is 1.90. The van der Waals surface area contributed by atoms with Gasteiger partial charge in [0, 0.05) is 15.5 Å². The Morgan fingerprint density at radius 3 is 2.63 bits per heavy atom. The van der Waals surface area contributed by atoms with Gasteiger partial charge in [0.15, 0.2) is 0 Å². The summed E-state index contributed by atoms with van der Waals surface area (Å²) in [5.41, 5.74) is 2.43. The monoisotopic (exact) mass is 337 g/mol. The van der Waals surface area contributed by atoms with Crippen molar-refractivity contribution in [2.24, 2.45) is 0 Å². The zero-order valence-electron chi connectivity index (χ0n) is 10.9. The minimum Gasteiger partial charge on any atom is -0.382 e. The first-order valence-corrected chi connectivity index (χ1v) is 7.58. The Bertz CT molecular complexity index is 528. The summed E-state index contributed by atoms with van der Waals surface area (Å²) in [7, 11) is 0. The first-order chi connectivity index (χ1) is 9.15. The molecule has 0 aliphatic carbocycles. The predicted octanol–water partition coefficient (Wildman–Crippen LogP) is 5.54. The fraction of sp³-hybridized carbons (Fsp3) is 0.250. The Kier molecular flexibility index (Phi) is 5.29. The van der Waals surface area contributed by atoms with E-state index in [1.54, 1.807) is 0 Å². The van der Waals surface area contributed by atoms with Crippen molar-refractivity contribution in [2.75, 3.05) is 5.32 Å². The minimum atomic E-state index is 0.398. The van der Waals surface area contributed by atoms with E-state index in [1.807, 2.05) is 24.3 Å². The van der Waals surface area contributed by atoms with E-state index in [-0.39, 0.29) is 0 Å². The van der Waals surface area contributed by atoms with Crippen molar-refractivity contribution in [2.45, 2.75) is 25.8 Å². The molecule has 0 aromatic heterocycles. The lowest BCUT2D eigenvalue weighted by atomic mass is 10.1. The van der Waals surface area contributed by atoms with Crippen molar-refractivity contribution in [3.8, 4) is 0 Å². The Morgan fingerprint density at radius 2 is 1.89 bits per heavy atom. The Hall–Kier alpha value is -0.990. The van der Waals surface area contributed by atoms with Crippen LogP contribution in [0.5, 0.6) is 0 Å². The second-order valence-electron chi connectivity index (χ2n) is 4.69. The molecule has 0 amide bonds. The van der Waals surface area contributed by atoms with E-state index in [0.717, 1.165) is 28.0 Å². The molecule has 2 aromatic carbocycles. The van der Waals surface area contributed by atoms with Crippen molar-refractivity contribution in [1.82, 2.24) is 0 Å². The van der Waals surface area contributed by atoms with Crippen molar-refractivity contribution < 1.29 is 0 Å². The van der Waals surface area contributed by atoms with E-state index in [0.29, 0.717) is 6.04 Å². The van der Waals surface area contributed by atoms with Gasteiger partial charge in [-0.25, -0.2) is 0 Å². The van der Waals surface area contributed by atoms with E-state index in [1.165, 1.54) is 5.56 Å². The average molecular weight is 339 g/mol. The maximum absolute atomic E-state index is 6.01. The highest BCUT2D eigenvalue weighted by molar-refractivity contribution is 9.10. The first kappa shape index (κ1) is 14.4. The molecule has 0 aliphatic heterocycles. The highest BCUT2D eigenvalue weighted by atomic mass is 79.9. The van der Waals surface area contributed by atoms with Crippen LogP contribution in [0, 0.1) is 0 Å². The van der Waals surface area contributed by atoms with Gasteiger partial charge < -0.3 is 5.32 Å². The Labute approximate surface area is 128 Å². The number of hydrogen-bond acceptors (Lipinski definition) is 1. The standard InChI is InChI=1S/C16H17BrClN/c1-12(7-8-13-5-3-2-4-6-13)19-16-11-14(18)9-10-15(16)17/h2-6,9-12,19H,7-8H2,1H3. The van der Waals surface area contributed by atoms with E-state index in [4.69, 9.17) is 11.6 Å². The largest absolute Gasteiger partial charge is 0.382 e. The van der Waals surface area contributed by atoms with Crippen LogP contribution in [0.3, 0.4) is 0 Å². The molecule has 0 saturated heterocycles. The van der Waals surface area contributed by atoms with Gasteiger partial charge in [-0.1, -0.05) is 41.9 Å². The number of hydrogen-bond donors (Lipinski definition) is 1. The summed E-state index contributed by atoms with van der Waals surface area (Å²) in [6.45, 7) is 2.19. The van der Waals surface area contributed by atoms with Crippen molar-refractivity contribution in [3.05, 3.63) is 63.6 Å². The van der Waals surface area contributed by atoms with Gasteiger partial charge in [0.05, 0.1) is 5.69 Å². The lowest BCUT2D eigenvalue weighted by molar-refractivity contribution is 0.706. The highest BCUT2D eigenvalue weighted by Gasteiger charge is 2.06. The number of benzene rings is 2. The van der Waals surface area contributed by atoms with Gasteiger partial charge in [0.1, 0.15) is 0 Å². The second-order valence-corrected chi connectivity index (χ2v) is 5.98. The van der Waals surface area contributed by atoms with Crippen LogP contribution in [0.15, 0.2) is 53.0 Å². The molecule has 3 heteroatoms. The van der Waals surface area contributed by atoms with Crippen LogP contribution in [0.25, 0.3) is 0 Å². The van der Waals surface area contributed by atoms with E-state index >= 15 is 0 Å². The maximum Gasteiger partial charge on any atom is 0.0501 e. The van der Waals surface area contributed by atoms with Gasteiger partial charge in [0.25, 0.3) is 0 Å². The van der Waals surface area contributed by atoms with Crippen LogP contribution in [-0.2, 0) is 6.42 Å². The number of halogens is 2. The number of nitrogens with one attached hydrogen (secondary N) is 1. The van der Waals surface area contributed by atoms with Gasteiger partial charge in [-0.2, -0.15) is 0 Å². The SMILES string of the molecule is CC(CCc1ccccc1)Nc1cc(Cl)ccc1Br. The van der Waals surface area contributed by atoms with Gasteiger partial charge >= 0.3 is 0 Å². The zero-order valence-corrected chi connectivity index (χ0v) is 13.2. The third-order valence-electron chi connectivity index (χ3n) is 3.04. The van der Waals surface area contributed by atoms with Crippen molar-refractivity contribution in [1.29, 1.82) is 0 Å². The van der Waals surface area contributed by atoms with Crippen LogP contribution in [0.2, 0.25) is 5.02 Å². The molecule has 2 rings (SSSR count). The summed E-state index contributed by atoms with van der Waals surface area (Å²) in [6, 6.07) is 16.8. The van der Waals surface area contributed by atoms with E-state index in [9.17, 15) is 0 Å². The highest BCUT2D eigenvalue weighted by Crippen LogP contribution is 2.26. The summed E-state index contributed by atoms with van der Waals surface area (Å²) in [5, 5.41) is 4.24. The lowest BCUT2D eigenvalue weighted by Gasteiger charge is -2.16. The normalized spacial score (nSPS) is 12.2. The summed E-state index contributed by atoms with van der Waals surface area (Å²) in [5.74, 6) is 0. The molecule has 100 valence electrons. The van der Waals surface area contributed by atoms with Gasteiger partial charge in [-0.15, -0.1) is 0 Å². The first-order valence-electron chi connectivity index (χ1n) is 6.40. The van der Waals surface area contributed by atoms with E-state index < -0.39 is 0 Å². The fourth-order valence-corrected chi connectivity index (χ4v) is 2.51. The molecule has 1 nitrogen and oxygen atoms in total. The number of rotatable bonds is 5. The number of anilines is 1. The maximum atomic E-state index is 6.01. The topological polar surface area (TPSA) is 12.0 Å². The predicted molar refractivity (Wildman–Crippen MR) is 87.0 cm³/mol. The summed E-state index contributed by atoms with van der Waals surface area (Å²) in [4.78, 5) is 0. The van der Waals surface area contributed by atoms with Crippen LogP contribution >= 0.6 is 27.5 Å². The van der Waals surface area contributed by atoms with Crippen LogP contribution in [-0.4, -0.2) is 6.04 Å². The molecule has 0 fully saturated rings. The Morgan fingerprint density at radius 1 is 1.16 bits per heavy atom. The molecule has 1 unspecified atom stereocenters. The smallest absolute Gasteiger partial charge is 0.0501 e. The summed E-state index contributed by atoms with van der Waals surface area (Å²) in [6.07, 6.45) is 2.16. The molecular formula is C16H17BrClN. The number of aryl methyl sites for hydroxylation is 1. The second kappa shape index (κ2) is 6.97. The molecule has 1 atom stereocenters. The molecule has 0 radical (unpaired) electrons. The quantitative estimate of drug-likeness (QED) is 0.755. The molecule has 0 heterocycles. The molecule has 0 saturated carbocycles. The average Bonchev–Trinajstić information content (AvgIpc) is 2.42. The molecule has 0 bridgehead atoms. The van der Waals surface area contributed by atoms with Gasteiger partial charge in [0.2, 0.25) is 0 Å². The van der Waals surface area contributed by atoms with Crippen molar-refractivity contribution in [3.63, 3.8) is 0 Å². The van der Waals surface area contributed by atoms with Crippen molar-refractivity contribution >= 4 is 33.2 Å². The zero-order chi connectivity index (χ0) is 13.7. The van der Waals surface area contributed by atoms with E-state index in [2.05, 4.69) is 52.4 Å². The van der Waals surface area contributed by atoms with Crippen LogP contribution < -0.4 is 5.32 Å². The summed E-state index contributed by atoms with van der Waals surface area (Å²) >= 11 is 9.55. The molecular weight excluding hydrogens is 322 g/mol. The molecule has 19 heavy (non-hydrogen) atoms. The fourth-order valence-electron chi connectivity index (χ4n) is 1.97. The van der Waals surface area contributed by atoms with Gasteiger partial charge in [-0.3, -0.25) is 0 Å². The summed E-state index contributed by atoms with van der Waals surface area (Å²) < 4.78 is 1.04. The lowest BCUT2D eigenvalue weighted by Crippen LogP contribution is -2.16. The molecule has 0 aliphatic rings. The third-order valence-corrected chi connectivity index (χ3v) is 3.97. The van der Waals surface area contributed by atoms with Gasteiger partial charge in [-0.05, 0) is 59.5 Å². The third kappa shape index (κ3) is 4.55. The molecule has 2 aromatic rings.